The van der Waals surface area contributed by atoms with E-state index < -0.39 is 23.3 Å². The Bertz CT molecular complexity index is 2280. The van der Waals surface area contributed by atoms with Crippen LogP contribution in [-0.4, -0.2) is 93.5 Å². The molecule has 54 heavy (non-hydrogen) atoms. The Hall–Kier alpha value is -5.02. The van der Waals surface area contributed by atoms with E-state index in [4.69, 9.17) is 35.6 Å². The number of likely N-dealkylation sites (tertiary alicyclic amines) is 1. The van der Waals surface area contributed by atoms with Gasteiger partial charge in [-0.1, -0.05) is 42.3 Å². The second kappa shape index (κ2) is 12.5. The molecule has 2 bridgehead atoms. The highest BCUT2D eigenvalue weighted by Gasteiger charge is 2.54. The summed E-state index contributed by atoms with van der Waals surface area (Å²) in [7, 11) is 0. The van der Waals surface area contributed by atoms with Crippen molar-refractivity contribution >= 4 is 33.6 Å². The lowest BCUT2D eigenvalue weighted by Crippen LogP contribution is -2.65. The molecule has 4 atom stereocenters. The monoisotopic (exact) mass is 734 g/mol. The molecular formula is C42H44F2N6O4. The zero-order valence-electron chi connectivity index (χ0n) is 31.1. The second-order valence-electron chi connectivity index (χ2n) is 16.8. The maximum atomic E-state index is 17.3. The number of hydrogen-bond acceptors (Lipinski definition) is 9. The minimum atomic E-state index is -0.719. The molecule has 10 nitrogen and oxygen atoms in total. The van der Waals surface area contributed by atoms with Crippen LogP contribution >= 0.6 is 0 Å². The first-order valence-electron chi connectivity index (χ1n) is 18.9. The number of hydrogen-bond donors (Lipinski definition) is 0. The maximum Gasteiger partial charge on any atom is 0.410 e. The van der Waals surface area contributed by atoms with Crippen LogP contribution in [0.5, 0.6) is 11.9 Å². The molecule has 12 heteroatoms. The van der Waals surface area contributed by atoms with E-state index in [-0.39, 0.29) is 58.3 Å². The van der Waals surface area contributed by atoms with Crippen molar-refractivity contribution in [3.05, 3.63) is 59.7 Å². The molecule has 2 aromatic carbocycles. The van der Waals surface area contributed by atoms with Crippen LogP contribution in [0.2, 0.25) is 0 Å². The fraction of sp³-hybridized carbons (Fsp3) is 0.476. The molecule has 0 N–H and O–H groups in total. The van der Waals surface area contributed by atoms with Gasteiger partial charge < -0.3 is 19.1 Å². The topological polar surface area (TPSA) is 93.2 Å². The molecular weight excluding hydrogens is 690 g/mol. The number of anilines is 1. The van der Waals surface area contributed by atoms with Gasteiger partial charge in [-0.05, 0) is 71.3 Å². The number of amides is 1. The van der Waals surface area contributed by atoms with Gasteiger partial charge in [-0.2, -0.15) is 9.97 Å². The van der Waals surface area contributed by atoms with Crippen molar-refractivity contribution < 1.29 is 27.8 Å². The molecule has 1 saturated carbocycles. The highest BCUT2D eigenvalue weighted by atomic mass is 19.1. The number of carbonyl (C=O) groups excluding carboxylic acids is 1. The third-order valence-corrected chi connectivity index (χ3v) is 11.7. The van der Waals surface area contributed by atoms with Crippen LogP contribution < -0.4 is 14.4 Å². The average Bonchev–Trinajstić information content (AvgIpc) is 3.69. The Morgan fingerprint density at radius 3 is 2.67 bits per heavy atom. The number of carbonyl (C=O) groups is 1. The largest absolute Gasteiger partial charge is 0.472 e. The zero-order chi connectivity index (χ0) is 37.7. The summed E-state index contributed by atoms with van der Waals surface area (Å²) in [5.74, 6) is 1.75. The Balaban J connectivity index is 1.18. The molecule has 4 aromatic rings. The first-order valence-corrected chi connectivity index (χ1v) is 18.9. The Morgan fingerprint density at radius 1 is 1.13 bits per heavy atom. The molecule has 5 aliphatic rings. The number of piperazine rings is 1. The Morgan fingerprint density at radius 2 is 1.94 bits per heavy atom. The molecule has 1 amide bonds. The fourth-order valence-electron chi connectivity index (χ4n) is 9.10. The molecule has 280 valence electrons. The number of nitrogens with zero attached hydrogens (tertiary/aromatic N) is 6. The van der Waals surface area contributed by atoms with E-state index in [0.29, 0.717) is 40.7 Å². The molecule has 9 rings (SSSR count). The van der Waals surface area contributed by atoms with Crippen molar-refractivity contribution in [3.8, 4) is 35.5 Å². The van der Waals surface area contributed by atoms with E-state index in [9.17, 15) is 4.79 Å². The summed E-state index contributed by atoms with van der Waals surface area (Å²) in [4.78, 5) is 34.6. The summed E-state index contributed by atoms with van der Waals surface area (Å²) < 4.78 is 51.5. The van der Waals surface area contributed by atoms with E-state index in [1.54, 1.807) is 24.3 Å². The summed E-state index contributed by atoms with van der Waals surface area (Å²) in [6.45, 7) is 15.2. The molecule has 3 saturated heterocycles. The smallest absolute Gasteiger partial charge is 0.410 e. The van der Waals surface area contributed by atoms with Crippen LogP contribution in [0.15, 0.2) is 42.5 Å². The highest BCUT2D eigenvalue weighted by molar-refractivity contribution is 6.03. The van der Waals surface area contributed by atoms with Gasteiger partial charge in [-0.15, -0.1) is 6.42 Å². The number of halogens is 2. The minimum absolute atomic E-state index is 0.0129. The molecule has 4 aliphatic heterocycles. The highest BCUT2D eigenvalue weighted by Crippen LogP contribution is 2.49. The third-order valence-electron chi connectivity index (χ3n) is 11.7. The lowest BCUT2D eigenvalue weighted by Gasteiger charge is -2.48. The van der Waals surface area contributed by atoms with Crippen molar-refractivity contribution in [2.45, 2.75) is 89.6 Å². The molecule has 6 heterocycles. The first kappa shape index (κ1) is 34.7. The van der Waals surface area contributed by atoms with Crippen LogP contribution in [0.3, 0.4) is 0 Å². The first-order chi connectivity index (χ1) is 25.8. The number of ether oxygens (including phenoxy) is 3. The van der Waals surface area contributed by atoms with E-state index in [1.165, 1.54) is 11.6 Å². The van der Waals surface area contributed by atoms with Gasteiger partial charge in [0.1, 0.15) is 39.9 Å². The third kappa shape index (κ3) is 5.79. The Labute approximate surface area is 313 Å². The quantitative estimate of drug-likeness (QED) is 0.150. The van der Waals surface area contributed by atoms with Crippen molar-refractivity contribution in [2.24, 2.45) is 5.41 Å². The zero-order valence-corrected chi connectivity index (χ0v) is 31.1. The van der Waals surface area contributed by atoms with Crippen molar-refractivity contribution in [1.82, 2.24) is 24.8 Å². The van der Waals surface area contributed by atoms with Gasteiger partial charge in [0.25, 0.3) is 0 Å². The number of aromatic nitrogens is 3. The van der Waals surface area contributed by atoms with Gasteiger partial charge in [-0.25, -0.2) is 18.6 Å². The van der Waals surface area contributed by atoms with Gasteiger partial charge in [0.2, 0.25) is 5.88 Å². The van der Waals surface area contributed by atoms with Crippen LogP contribution in [0.4, 0.5) is 19.4 Å². The van der Waals surface area contributed by atoms with Gasteiger partial charge >= 0.3 is 12.1 Å². The number of benzene rings is 2. The molecule has 1 aliphatic carbocycles. The number of fused-ring (bicyclic) bond motifs is 6. The molecule has 0 spiro atoms. The maximum absolute atomic E-state index is 17.3. The molecule has 4 fully saturated rings. The SMILES string of the molecule is C#Cc1c(F)ccc2cccc(-c3nc4c5c(nc(OCC6(CN7CCC(=C)C7)CC6)nc5c3F)N3C[C@H]5CC[C@@H]([C@H]3[C@H](C)O4)N5C(=O)OC(C)(C)C)c12. The van der Waals surface area contributed by atoms with Gasteiger partial charge in [-0.3, -0.25) is 9.80 Å². The summed E-state index contributed by atoms with van der Waals surface area (Å²) in [5, 5.41) is 1.33. The van der Waals surface area contributed by atoms with E-state index in [0.717, 1.165) is 51.7 Å². The van der Waals surface area contributed by atoms with Crippen LogP contribution in [0, 0.1) is 29.4 Å². The van der Waals surface area contributed by atoms with Gasteiger partial charge in [0.15, 0.2) is 5.82 Å². The summed E-state index contributed by atoms with van der Waals surface area (Å²) in [5.41, 5.74) is 0.786. The van der Waals surface area contributed by atoms with Crippen LogP contribution in [0.1, 0.15) is 65.4 Å². The van der Waals surface area contributed by atoms with Crippen molar-refractivity contribution in [2.75, 3.05) is 37.7 Å². The summed E-state index contributed by atoms with van der Waals surface area (Å²) >= 11 is 0. The van der Waals surface area contributed by atoms with E-state index in [2.05, 4.69) is 22.3 Å². The number of pyridine rings is 1. The van der Waals surface area contributed by atoms with Gasteiger partial charge in [0.05, 0.1) is 30.3 Å². The fourth-order valence-corrected chi connectivity index (χ4v) is 9.10. The predicted octanol–water partition coefficient (Wildman–Crippen LogP) is 7.26. The van der Waals surface area contributed by atoms with Gasteiger partial charge in [0, 0.05) is 42.5 Å². The molecule has 0 unspecified atom stereocenters. The normalized spacial score (nSPS) is 24.3. The number of rotatable bonds is 6. The minimum Gasteiger partial charge on any atom is -0.472 e. The van der Waals surface area contributed by atoms with Crippen molar-refractivity contribution in [3.63, 3.8) is 0 Å². The number of terminal acetylenes is 1. The lowest BCUT2D eigenvalue weighted by atomic mass is 9.96. The molecule has 0 radical (unpaired) electrons. The van der Waals surface area contributed by atoms with E-state index in [1.807, 2.05) is 32.6 Å². The molecule has 2 aromatic heterocycles. The standard InChI is InChI=1S/C42H44F2N6O4/c1-7-27-29(43)13-11-25-9-8-10-28(31(25)27)34-33(44)35-32-37(47-39(46-35)52-22-42(16-17-42)21-48-18-15-23(2)19-48)49-20-26-12-14-30(36(49)24(3)53-38(32)45-34)50(26)40(51)54-41(4,5)6/h1,8-11,13,24,26,30,36H,2,12,14-22H2,3-6H3/t24-,26+,30-,36+/m0/s1. The second-order valence-corrected chi connectivity index (χ2v) is 16.8. The average molecular weight is 735 g/mol. The summed E-state index contributed by atoms with van der Waals surface area (Å²) in [6, 6.07) is 7.44. The van der Waals surface area contributed by atoms with Crippen LogP contribution in [-0.2, 0) is 4.74 Å². The van der Waals surface area contributed by atoms with E-state index >= 15 is 8.78 Å². The van der Waals surface area contributed by atoms with Crippen molar-refractivity contribution in [1.29, 1.82) is 0 Å². The predicted molar refractivity (Wildman–Crippen MR) is 202 cm³/mol. The Kier molecular flexibility index (Phi) is 8.05. The van der Waals surface area contributed by atoms with Crippen LogP contribution in [0.25, 0.3) is 32.9 Å². The lowest BCUT2D eigenvalue weighted by molar-refractivity contribution is 0.000939. The summed E-state index contributed by atoms with van der Waals surface area (Å²) in [6.07, 6.45) is 9.49.